The first kappa shape index (κ1) is 18.5. The number of alkyl halides is 5. The van der Waals surface area contributed by atoms with Gasteiger partial charge in [0.15, 0.2) is 0 Å². The van der Waals surface area contributed by atoms with Gasteiger partial charge >= 0.3 is 12.1 Å². The lowest BCUT2D eigenvalue weighted by Crippen LogP contribution is -2.39. The molecule has 0 aromatic rings. The Hall–Kier alpha value is -0.480. The molecule has 0 spiro atoms. The first-order chi connectivity index (χ1) is 8.37. The summed E-state index contributed by atoms with van der Waals surface area (Å²) in [5.74, 6) is -6.26. The molecule has 0 aliphatic carbocycles. The zero-order valence-electron chi connectivity index (χ0n) is 10.6. The summed E-state index contributed by atoms with van der Waals surface area (Å²) in [5, 5.41) is 0. The highest BCUT2D eigenvalue weighted by atomic mass is 32.2. The van der Waals surface area contributed by atoms with E-state index in [-0.39, 0.29) is 6.54 Å². The summed E-state index contributed by atoms with van der Waals surface area (Å²) < 4.78 is 85.0. The smallest absolute Gasteiger partial charge is 0.309 e. The number of rotatable bonds is 8. The van der Waals surface area contributed by atoms with Crippen molar-refractivity contribution in [2.75, 3.05) is 32.9 Å². The second kappa shape index (κ2) is 6.80. The predicted molar refractivity (Wildman–Crippen MR) is 60.6 cm³/mol. The maximum Gasteiger partial charge on any atom is 0.453 e. The number of hydrogen-bond donors (Lipinski definition) is 1. The van der Waals surface area contributed by atoms with E-state index < -0.39 is 34.3 Å². The molecule has 0 saturated heterocycles. The van der Waals surface area contributed by atoms with Crippen LogP contribution >= 0.6 is 0 Å². The highest BCUT2D eigenvalue weighted by molar-refractivity contribution is 7.89. The number of sulfonamides is 1. The second-order valence-corrected chi connectivity index (χ2v) is 6.25. The van der Waals surface area contributed by atoms with Gasteiger partial charge in [-0.15, -0.1) is 0 Å². The van der Waals surface area contributed by atoms with Gasteiger partial charge in [-0.1, -0.05) is 0 Å². The third-order valence-electron chi connectivity index (χ3n) is 2.20. The minimum atomic E-state index is -5.73. The van der Waals surface area contributed by atoms with E-state index in [2.05, 4.69) is 0 Å². The molecule has 0 aliphatic heterocycles. The van der Waals surface area contributed by atoms with Crippen molar-refractivity contribution in [2.24, 2.45) is 0 Å². The van der Waals surface area contributed by atoms with E-state index in [1.807, 2.05) is 4.72 Å². The van der Waals surface area contributed by atoms with Crippen LogP contribution in [-0.2, 0) is 10.0 Å². The van der Waals surface area contributed by atoms with Crippen molar-refractivity contribution in [3.05, 3.63) is 0 Å². The van der Waals surface area contributed by atoms with E-state index in [0.29, 0.717) is 13.0 Å². The summed E-state index contributed by atoms with van der Waals surface area (Å²) in [7, 11) is -0.597. The predicted octanol–water partition coefficient (Wildman–Crippen LogP) is 1.45. The molecule has 19 heavy (non-hydrogen) atoms. The van der Waals surface area contributed by atoms with Crippen LogP contribution in [0.3, 0.4) is 0 Å². The van der Waals surface area contributed by atoms with E-state index in [4.69, 9.17) is 0 Å². The molecule has 0 atom stereocenters. The van der Waals surface area contributed by atoms with Crippen molar-refractivity contribution in [3.63, 3.8) is 0 Å². The van der Waals surface area contributed by atoms with Crippen LogP contribution in [0, 0.1) is 0 Å². The highest BCUT2D eigenvalue weighted by Crippen LogP contribution is 2.38. The first-order valence-corrected chi connectivity index (χ1v) is 7.09. The fourth-order valence-corrected chi connectivity index (χ4v) is 2.22. The van der Waals surface area contributed by atoms with Crippen LogP contribution in [0.5, 0.6) is 0 Å². The summed E-state index contributed by atoms with van der Waals surface area (Å²) >= 11 is 0. The van der Waals surface area contributed by atoms with Crippen molar-refractivity contribution in [3.8, 4) is 0 Å². The lowest BCUT2D eigenvalue weighted by molar-refractivity contribution is -0.282. The van der Waals surface area contributed by atoms with Gasteiger partial charge in [0.25, 0.3) is 0 Å². The molecule has 0 unspecified atom stereocenters. The highest BCUT2D eigenvalue weighted by Gasteiger charge is 2.57. The summed E-state index contributed by atoms with van der Waals surface area (Å²) in [6.45, 7) is 0.569. The molecule has 1 N–H and O–H groups in total. The molecule has 0 aromatic heterocycles. The van der Waals surface area contributed by atoms with Gasteiger partial charge < -0.3 is 4.90 Å². The SMILES string of the molecule is CN(C)CCCNS(=O)(=O)CCC(F)(F)C(F)(F)F. The van der Waals surface area contributed by atoms with Crippen molar-refractivity contribution in [2.45, 2.75) is 24.9 Å². The van der Waals surface area contributed by atoms with Crippen LogP contribution in [0.1, 0.15) is 12.8 Å². The average molecular weight is 312 g/mol. The molecule has 0 heterocycles. The Bertz CT molecular complexity index is 367. The van der Waals surface area contributed by atoms with Gasteiger partial charge in [0.05, 0.1) is 5.75 Å². The van der Waals surface area contributed by atoms with Gasteiger partial charge in [-0.2, -0.15) is 22.0 Å². The van der Waals surface area contributed by atoms with Crippen LogP contribution < -0.4 is 4.72 Å². The van der Waals surface area contributed by atoms with Crippen LogP contribution in [0.4, 0.5) is 22.0 Å². The van der Waals surface area contributed by atoms with Gasteiger partial charge in [-0.25, -0.2) is 13.1 Å². The standard InChI is InChI=1S/C9H17F5N2O2S/c1-16(2)6-3-5-15-19(17,18)7-4-8(10,11)9(12,13)14/h15H,3-7H2,1-2H3. The number of nitrogens with zero attached hydrogens (tertiary/aromatic N) is 1. The molecule has 0 fully saturated rings. The molecular formula is C9H17F5N2O2S. The molecular weight excluding hydrogens is 295 g/mol. The zero-order chi connectivity index (χ0) is 15.3. The third-order valence-corrected chi connectivity index (χ3v) is 3.59. The van der Waals surface area contributed by atoms with Crippen LogP contribution in [-0.4, -0.2) is 58.4 Å². The molecule has 0 bridgehead atoms. The molecule has 0 aliphatic rings. The van der Waals surface area contributed by atoms with Gasteiger partial charge in [0.2, 0.25) is 10.0 Å². The molecule has 0 radical (unpaired) electrons. The van der Waals surface area contributed by atoms with E-state index >= 15 is 0 Å². The normalized spacial score (nSPS) is 14.1. The van der Waals surface area contributed by atoms with Crippen LogP contribution in [0.15, 0.2) is 0 Å². The van der Waals surface area contributed by atoms with Gasteiger partial charge in [-0.05, 0) is 27.1 Å². The van der Waals surface area contributed by atoms with Crippen LogP contribution in [0.25, 0.3) is 0 Å². The second-order valence-electron chi connectivity index (χ2n) is 4.32. The molecule has 10 heteroatoms. The van der Waals surface area contributed by atoms with Gasteiger partial charge in [0, 0.05) is 13.0 Å². The quantitative estimate of drug-likeness (QED) is 0.545. The lowest BCUT2D eigenvalue weighted by atomic mass is 10.2. The minimum Gasteiger partial charge on any atom is -0.309 e. The fourth-order valence-electron chi connectivity index (χ4n) is 1.10. The number of hydrogen-bond acceptors (Lipinski definition) is 3. The summed E-state index contributed by atoms with van der Waals surface area (Å²) in [5.41, 5.74) is 0. The molecule has 0 aromatic carbocycles. The first-order valence-electron chi connectivity index (χ1n) is 5.44. The summed E-state index contributed by atoms with van der Waals surface area (Å²) in [6, 6.07) is 0. The fraction of sp³-hybridized carbons (Fsp3) is 1.00. The minimum absolute atomic E-state index is 0.00188. The van der Waals surface area contributed by atoms with E-state index in [0.717, 1.165) is 0 Å². The molecule has 116 valence electrons. The molecule has 0 rings (SSSR count). The Labute approximate surface area is 109 Å². The molecule has 4 nitrogen and oxygen atoms in total. The molecule has 0 amide bonds. The maximum atomic E-state index is 12.5. The van der Waals surface area contributed by atoms with E-state index in [1.165, 1.54) is 0 Å². The Morgan fingerprint density at radius 3 is 2.05 bits per heavy atom. The van der Waals surface area contributed by atoms with Crippen LogP contribution in [0.2, 0.25) is 0 Å². The average Bonchev–Trinajstić information content (AvgIpc) is 2.20. The van der Waals surface area contributed by atoms with Gasteiger partial charge in [0.1, 0.15) is 0 Å². The topological polar surface area (TPSA) is 49.4 Å². The molecule has 0 saturated carbocycles. The largest absolute Gasteiger partial charge is 0.453 e. The Morgan fingerprint density at radius 1 is 1.11 bits per heavy atom. The van der Waals surface area contributed by atoms with Crippen molar-refractivity contribution < 1.29 is 30.4 Å². The summed E-state index contributed by atoms with van der Waals surface area (Å²) in [6.07, 6.45) is -7.07. The Morgan fingerprint density at radius 2 is 1.63 bits per heavy atom. The zero-order valence-corrected chi connectivity index (χ0v) is 11.4. The lowest BCUT2D eigenvalue weighted by Gasteiger charge is -2.19. The van der Waals surface area contributed by atoms with Gasteiger partial charge in [-0.3, -0.25) is 0 Å². The van der Waals surface area contributed by atoms with Crippen molar-refractivity contribution >= 4 is 10.0 Å². The maximum absolute atomic E-state index is 12.5. The number of halogens is 5. The van der Waals surface area contributed by atoms with E-state index in [1.54, 1.807) is 19.0 Å². The van der Waals surface area contributed by atoms with Crippen molar-refractivity contribution in [1.82, 2.24) is 9.62 Å². The number of nitrogens with one attached hydrogen (secondary N) is 1. The Kier molecular flexibility index (Phi) is 6.63. The van der Waals surface area contributed by atoms with Crippen molar-refractivity contribution in [1.29, 1.82) is 0 Å². The monoisotopic (exact) mass is 312 g/mol. The Balaban J connectivity index is 4.18. The van der Waals surface area contributed by atoms with E-state index in [9.17, 15) is 30.4 Å². The summed E-state index contributed by atoms with van der Waals surface area (Å²) in [4.78, 5) is 1.78. The third kappa shape index (κ3) is 7.63.